The molecule has 0 saturated heterocycles. The van der Waals surface area contributed by atoms with Gasteiger partial charge in [0.25, 0.3) is 0 Å². The number of benzene rings is 1. The molecular formula is C12H6ClF4NO. The summed E-state index contributed by atoms with van der Waals surface area (Å²) in [6.07, 6.45) is -4.64. The van der Waals surface area contributed by atoms with Gasteiger partial charge in [0, 0.05) is 11.6 Å². The lowest BCUT2D eigenvalue weighted by molar-refractivity contribution is -0.137. The highest BCUT2D eigenvalue weighted by Gasteiger charge is 2.31. The third-order valence-electron chi connectivity index (χ3n) is 2.39. The van der Waals surface area contributed by atoms with E-state index in [0.29, 0.717) is 6.07 Å². The fourth-order valence-electron chi connectivity index (χ4n) is 1.56. The molecule has 0 aliphatic rings. The molecule has 0 spiro atoms. The Labute approximate surface area is 109 Å². The average Bonchev–Trinajstić information content (AvgIpc) is 2.26. The van der Waals surface area contributed by atoms with Gasteiger partial charge in [0.15, 0.2) is 0 Å². The van der Waals surface area contributed by atoms with Gasteiger partial charge in [-0.15, -0.1) is 0 Å². The number of hydrogen-bond acceptors (Lipinski definition) is 1. The van der Waals surface area contributed by atoms with Crippen LogP contribution in [-0.2, 0) is 6.18 Å². The number of H-pyrrole nitrogens is 1. The van der Waals surface area contributed by atoms with E-state index in [2.05, 4.69) is 4.98 Å². The molecule has 1 aromatic carbocycles. The van der Waals surface area contributed by atoms with Gasteiger partial charge in [-0.3, -0.25) is 4.79 Å². The van der Waals surface area contributed by atoms with Crippen molar-refractivity contribution < 1.29 is 17.6 Å². The van der Waals surface area contributed by atoms with Crippen molar-refractivity contribution in [1.29, 1.82) is 0 Å². The molecule has 19 heavy (non-hydrogen) atoms. The largest absolute Gasteiger partial charge is 0.416 e. The molecular weight excluding hydrogens is 286 g/mol. The summed E-state index contributed by atoms with van der Waals surface area (Å²) in [6.45, 7) is 0. The first-order chi connectivity index (χ1) is 8.77. The van der Waals surface area contributed by atoms with Crippen molar-refractivity contribution in [3.05, 3.63) is 57.1 Å². The van der Waals surface area contributed by atoms with Gasteiger partial charge in [-0.2, -0.15) is 13.2 Å². The molecule has 2 nitrogen and oxygen atoms in total. The third kappa shape index (κ3) is 2.96. The number of aromatic amines is 1. The first kappa shape index (κ1) is 13.6. The molecule has 0 radical (unpaired) electrons. The van der Waals surface area contributed by atoms with E-state index in [-0.39, 0.29) is 16.3 Å². The van der Waals surface area contributed by atoms with Crippen LogP contribution in [0.1, 0.15) is 5.56 Å². The van der Waals surface area contributed by atoms with Crippen molar-refractivity contribution in [3.63, 3.8) is 0 Å². The van der Waals surface area contributed by atoms with Crippen LogP contribution in [0, 0.1) is 5.82 Å². The van der Waals surface area contributed by atoms with Gasteiger partial charge in [0.05, 0.1) is 16.3 Å². The monoisotopic (exact) mass is 291 g/mol. The Morgan fingerprint density at radius 3 is 2.37 bits per heavy atom. The van der Waals surface area contributed by atoms with Gasteiger partial charge in [-0.05, 0) is 24.3 Å². The average molecular weight is 292 g/mol. The van der Waals surface area contributed by atoms with Crippen molar-refractivity contribution in [3.8, 4) is 11.3 Å². The summed E-state index contributed by atoms with van der Waals surface area (Å²) in [4.78, 5) is 13.5. The second kappa shape index (κ2) is 4.70. The molecule has 7 heteroatoms. The van der Waals surface area contributed by atoms with E-state index < -0.39 is 23.1 Å². The van der Waals surface area contributed by atoms with Crippen LogP contribution in [0.2, 0.25) is 5.02 Å². The van der Waals surface area contributed by atoms with Crippen molar-refractivity contribution in [2.45, 2.75) is 6.18 Å². The van der Waals surface area contributed by atoms with Gasteiger partial charge < -0.3 is 4.98 Å². The van der Waals surface area contributed by atoms with E-state index in [1.807, 2.05) is 0 Å². The number of hydrogen-bond donors (Lipinski definition) is 1. The van der Waals surface area contributed by atoms with Crippen LogP contribution in [-0.4, -0.2) is 4.98 Å². The SMILES string of the molecule is O=c1cc(C(F)(F)F)cc(-c2ccc(F)cc2Cl)[nH]1. The summed E-state index contributed by atoms with van der Waals surface area (Å²) < 4.78 is 50.6. The van der Waals surface area contributed by atoms with E-state index in [0.717, 1.165) is 18.2 Å². The minimum absolute atomic E-state index is 0.0880. The van der Waals surface area contributed by atoms with Crippen molar-refractivity contribution in [2.75, 3.05) is 0 Å². The molecule has 0 aliphatic carbocycles. The van der Waals surface area contributed by atoms with E-state index >= 15 is 0 Å². The smallest absolute Gasteiger partial charge is 0.322 e. The first-order valence-electron chi connectivity index (χ1n) is 5.04. The van der Waals surface area contributed by atoms with Crippen LogP contribution in [0.4, 0.5) is 17.6 Å². The fraction of sp³-hybridized carbons (Fsp3) is 0.0833. The van der Waals surface area contributed by atoms with Crippen LogP contribution in [0.25, 0.3) is 11.3 Å². The predicted octanol–water partition coefficient (Wildman–Crippen LogP) is 3.85. The van der Waals surface area contributed by atoms with Crippen LogP contribution >= 0.6 is 11.6 Å². The van der Waals surface area contributed by atoms with Crippen LogP contribution in [0.15, 0.2) is 35.1 Å². The number of pyridine rings is 1. The highest BCUT2D eigenvalue weighted by atomic mass is 35.5. The molecule has 0 atom stereocenters. The zero-order valence-electron chi connectivity index (χ0n) is 9.18. The summed E-state index contributed by atoms with van der Waals surface area (Å²) in [5, 5.41) is -0.0880. The van der Waals surface area contributed by atoms with E-state index in [1.54, 1.807) is 0 Å². The van der Waals surface area contributed by atoms with Crippen LogP contribution in [0.5, 0.6) is 0 Å². The molecule has 0 bridgehead atoms. The van der Waals surface area contributed by atoms with E-state index in [9.17, 15) is 22.4 Å². The Bertz CT molecular complexity index is 678. The predicted molar refractivity (Wildman–Crippen MR) is 62.5 cm³/mol. The first-order valence-corrected chi connectivity index (χ1v) is 5.42. The highest BCUT2D eigenvalue weighted by Crippen LogP contribution is 2.32. The van der Waals surface area contributed by atoms with Gasteiger partial charge in [0.2, 0.25) is 5.56 Å². The molecule has 1 N–H and O–H groups in total. The minimum Gasteiger partial charge on any atom is -0.322 e. The Kier molecular flexibility index (Phi) is 3.36. The molecule has 1 heterocycles. The summed E-state index contributed by atoms with van der Waals surface area (Å²) in [5.74, 6) is -0.622. The Hall–Kier alpha value is -1.82. The summed E-state index contributed by atoms with van der Waals surface area (Å²) >= 11 is 5.74. The third-order valence-corrected chi connectivity index (χ3v) is 2.71. The Morgan fingerprint density at radius 2 is 1.79 bits per heavy atom. The Balaban J connectivity index is 2.63. The van der Waals surface area contributed by atoms with Crippen molar-refractivity contribution in [2.24, 2.45) is 0 Å². The molecule has 0 saturated carbocycles. The molecule has 0 aliphatic heterocycles. The second-order valence-corrected chi connectivity index (χ2v) is 4.18. The molecule has 100 valence electrons. The van der Waals surface area contributed by atoms with E-state index in [1.165, 1.54) is 6.07 Å². The standard InChI is InChI=1S/C12H6ClF4NO/c13-9-5-7(14)1-2-8(9)10-3-6(12(15,16)17)4-11(19)18-10/h1-5H,(H,18,19). The number of nitrogens with one attached hydrogen (secondary N) is 1. The van der Waals surface area contributed by atoms with Crippen LogP contribution < -0.4 is 5.56 Å². The zero-order valence-corrected chi connectivity index (χ0v) is 9.94. The van der Waals surface area contributed by atoms with E-state index in [4.69, 9.17) is 11.6 Å². The lowest BCUT2D eigenvalue weighted by atomic mass is 10.1. The second-order valence-electron chi connectivity index (χ2n) is 3.77. The maximum atomic E-state index is 12.9. The summed E-state index contributed by atoms with van der Waals surface area (Å²) in [6, 6.07) is 4.39. The maximum Gasteiger partial charge on any atom is 0.416 e. The number of alkyl halides is 3. The summed E-state index contributed by atoms with van der Waals surface area (Å²) in [7, 11) is 0. The van der Waals surface area contributed by atoms with Gasteiger partial charge in [-0.1, -0.05) is 11.6 Å². The molecule has 0 fully saturated rings. The lowest BCUT2D eigenvalue weighted by Gasteiger charge is -2.09. The number of aromatic nitrogens is 1. The normalized spacial score (nSPS) is 11.6. The zero-order chi connectivity index (χ0) is 14.2. The van der Waals surface area contributed by atoms with Gasteiger partial charge in [0.1, 0.15) is 5.82 Å². The van der Waals surface area contributed by atoms with Crippen molar-refractivity contribution in [1.82, 2.24) is 4.98 Å². The van der Waals surface area contributed by atoms with Crippen LogP contribution in [0.3, 0.4) is 0 Å². The number of rotatable bonds is 1. The molecule has 0 amide bonds. The molecule has 0 unspecified atom stereocenters. The maximum absolute atomic E-state index is 12.9. The van der Waals surface area contributed by atoms with Gasteiger partial charge in [-0.25, -0.2) is 4.39 Å². The van der Waals surface area contributed by atoms with Crippen molar-refractivity contribution >= 4 is 11.6 Å². The lowest BCUT2D eigenvalue weighted by Crippen LogP contribution is -2.13. The van der Waals surface area contributed by atoms with Gasteiger partial charge >= 0.3 is 6.18 Å². The summed E-state index contributed by atoms with van der Waals surface area (Å²) in [5.41, 5.74) is -2.01. The fourth-order valence-corrected chi connectivity index (χ4v) is 1.83. The molecule has 1 aromatic heterocycles. The molecule has 2 aromatic rings. The molecule has 2 rings (SSSR count). The number of halogens is 5. The quantitative estimate of drug-likeness (QED) is 0.795. The highest BCUT2D eigenvalue weighted by molar-refractivity contribution is 6.33. The minimum atomic E-state index is -4.64. The Morgan fingerprint density at radius 1 is 1.11 bits per heavy atom. The topological polar surface area (TPSA) is 32.9 Å².